The molecule has 1 aliphatic rings. The number of hydrogen-bond donors (Lipinski definition) is 1. The van der Waals surface area contributed by atoms with E-state index in [9.17, 15) is 4.79 Å². The Kier molecular flexibility index (Phi) is 6.16. The molecule has 2 rings (SSSR count). The van der Waals surface area contributed by atoms with E-state index >= 15 is 0 Å². The van der Waals surface area contributed by atoms with Gasteiger partial charge in [-0.25, -0.2) is 0 Å². The van der Waals surface area contributed by atoms with Crippen LogP contribution in [-0.4, -0.2) is 30.4 Å². The number of carboxylic acid groups (broad SMARTS) is 1. The lowest BCUT2D eigenvalue weighted by molar-refractivity contribution is -0.141. The molecular formula is C18H24O4. The Morgan fingerprint density at radius 2 is 2.23 bits per heavy atom. The van der Waals surface area contributed by atoms with E-state index in [1.54, 1.807) is 0 Å². The Labute approximate surface area is 131 Å². The lowest BCUT2D eigenvalue weighted by Crippen LogP contribution is -2.11. The molecule has 1 heterocycles. The monoisotopic (exact) mass is 304 g/mol. The third-order valence-corrected chi connectivity index (χ3v) is 3.93. The van der Waals surface area contributed by atoms with Crippen molar-refractivity contribution in [2.45, 2.75) is 38.9 Å². The van der Waals surface area contributed by atoms with Crippen LogP contribution in [0.2, 0.25) is 0 Å². The van der Waals surface area contributed by atoms with Crippen molar-refractivity contribution in [3.63, 3.8) is 0 Å². The van der Waals surface area contributed by atoms with Crippen molar-refractivity contribution in [1.82, 2.24) is 0 Å². The van der Waals surface area contributed by atoms with Crippen LogP contribution in [0.3, 0.4) is 0 Å². The van der Waals surface area contributed by atoms with E-state index < -0.39 is 5.97 Å². The number of carboxylic acids is 1. The maximum Gasteiger partial charge on any atom is 0.306 e. The third-order valence-electron chi connectivity index (χ3n) is 3.93. The van der Waals surface area contributed by atoms with Gasteiger partial charge in [0.1, 0.15) is 6.10 Å². The van der Waals surface area contributed by atoms with Gasteiger partial charge in [0, 0.05) is 0 Å². The number of rotatable bonds is 9. The molecule has 1 aromatic rings. The second kappa shape index (κ2) is 8.11. The van der Waals surface area contributed by atoms with Crippen molar-refractivity contribution >= 4 is 12.0 Å². The van der Waals surface area contributed by atoms with Crippen LogP contribution in [-0.2, 0) is 14.3 Å². The van der Waals surface area contributed by atoms with Gasteiger partial charge in [-0.1, -0.05) is 43.3 Å². The minimum absolute atomic E-state index is 0.00787. The molecule has 1 saturated heterocycles. The molecule has 0 radical (unpaired) electrons. The fraction of sp³-hybridized carbons (Fsp3) is 0.500. The second-order valence-electron chi connectivity index (χ2n) is 5.64. The first-order chi connectivity index (χ1) is 10.6. The zero-order valence-electron chi connectivity index (χ0n) is 13.2. The Hall–Kier alpha value is -1.65. The first-order valence-corrected chi connectivity index (χ1v) is 7.83. The number of epoxide rings is 1. The van der Waals surface area contributed by atoms with Crippen LogP contribution in [0.5, 0.6) is 0 Å². The topological polar surface area (TPSA) is 59.1 Å². The molecular weight excluding hydrogens is 280 g/mol. The highest BCUT2D eigenvalue weighted by molar-refractivity contribution is 5.70. The van der Waals surface area contributed by atoms with Crippen LogP contribution in [0.15, 0.2) is 30.3 Å². The zero-order valence-corrected chi connectivity index (χ0v) is 13.2. The first kappa shape index (κ1) is 16.7. The molecule has 1 N–H and O–H groups in total. The molecule has 1 aromatic carbocycles. The van der Waals surface area contributed by atoms with E-state index in [4.69, 9.17) is 14.6 Å². The number of aliphatic carboxylic acids is 1. The molecule has 0 aromatic heterocycles. The predicted octanol–water partition coefficient (Wildman–Crippen LogP) is 3.68. The van der Waals surface area contributed by atoms with E-state index in [2.05, 4.69) is 0 Å². The molecule has 4 nitrogen and oxygen atoms in total. The summed E-state index contributed by atoms with van der Waals surface area (Å²) in [5.74, 6) is -1.05. The Balaban J connectivity index is 1.98. The number of carbonyl (C=O) groups is 1. The summed E-state index contributed by atoms with van der Waals surface area (Å²) >= 11 is 0. The highest BCUT2D eigenvalue weighted by atomic mass is 16.6. The van der Waals surface area contributed by atoms with Crippen LogP contribution in [0.4, 0.5) is 0 Å². The number of ether oxygens (including phenoxy) is 2. The molecule has 120 valence electrons. The smallest absolute Gasteiger partial charge is 0.306 e. The maximum atomic E-state index is 11.0. The van der Waals surface area contributed by atoms with Gasteiger partial charge in [0.25, 0.3) is 0 Å². The molecule has 22 heavy (non-hydrogen) atoms. The Morgan fingerprint density at radius 1 is 1.50 bits per heavy atom. The van der Waals surface area contributed by atoms with Gasteiger partial charge in [0.05, 0.1) is 25.2 Å². The summed E-state index contributed by atoms with van der Waals surface area (Å²) in [7, 11) is 0. The van der Waals surface area contributed by atoms with Crippen molar-refractivity contribution < 1.29 is 19.4 Å². The van der Waals surface area contributed by atoms with Crippen molar-refractivity contribution in [3.05, 3.63) is 41.5 Å². The average molecular weight is 304 g/mol. The van der Waals surface area contributed by atoms with Crippen LogP contribution in [0.1, 0.15) is 43.9 Å². The van der Waals surface area contributed by atoms with Gasteiger partial charge in [-0.2, -0.15) is 0 Å². The largest absolute Gasteiger partial charge is 0.481 e. The summed E-state index contributed by atoms with van der Waals surface area (Å²) < 4.78 is 11.0. The average Bonchev–Trinajstić information content (AvgIpc) is 3.33. The van der Waals surface area contributed by atoms with E-state index in [0.717, 1.165) is 17.7 Å². The van der Waals surface area contributed by atoms with Gasteiger partial charge in [-0.15, -0.1) is 0 Å². The molecule has 0 bridgehead atoms. The normalized spacial score (nSPS) is 20.0. The van der Waals surface area contributed by atoms with Gasteiger partial charge in [0.2, 0.25) is 0 Å². The van der Waals surface area contributed by atoms with Crippen molar-refractivity contribution in [3.8, 4) is 0 Å². The summed E-state index contributed by atoms with van der Waals surface area (Å²) in [6.45, 7) is 5.34. The summed E-state index contributed by atoms with van der Waals surface area (Å²) in [6.07, 6.45) is 5.37. The van der Waals surface area contributed by atoms with Crippen LogP contribution in [0, 0.1) is 5.92 Å². The molecule has 3 atom stereocenters. The molecule has 1 fully saturated rings. The fourth-order valence-corrected chi connectivity index (χ4v) is 2.34. The second-order valence-corrected chi connectivity index (χ2v) is 5.64. The highest BCUT2D eigenvalue weighted by Gasteiger charge is 2.24. The maximum absolute atomic E-state index is 11.0. The van der Waals surface area contributed by atoms with E-state index in [1.165, 1.54) is 0 Å². The molecule has 0 saturated carbocycles. The van der Waals surface area contributed by atoms with Gasteiger partial charge < -0.3 is 14.6 Å². The van der Waals surface area contributed by atoms with E-state index in [-0.39, 0.29) is 18.1 Å². The highest BCUT2D eigenvalue weighted by Crippen LogP contribution is 2.24. The van der Waals surface area contributed by atoms with Crippen LogP contribution >= 0.6 is 0 Å². The Bertz CT molecular complexity index is 520. The van der Waals surface area contributed by atoms with Gasteiger partial charge in [0.15, 0.2) is 0 Å². The van der Waals surface area contributed by atoms with Crippen LogP contribution in [0.25, 0.3) is 6.08 Å². The lowest BCUT2D eigenvalue weighted by atomic mass is 9.99. The molecule has 1 aliphatic heterocycles. The fourth-order valence-electron chi connectivity index (χ4n) is 2.34. The van der Waals surface area contributed by atoms with E-state index in [1.807, 2.05) is 50.3 Å². The van der Waals surface area contributed by atoms with Crippen LogP contribution < -0.4 is 0 Å². The zero-order chi connectivity index (χ0) is 15.9. The van der Waals surface area contributed by atoms with Gasteiger partial charge in [-0.05, 0) is 30.9 Å². The minimum atomic E-state index is -0.735. The number of hydrogen-bond acceptors (Lipinski definition) is 3. The van der Waals surface area contributed by atoms with Crippen molar-refractivity contribution in [2.24, 2.45) is 5.92 Å². The predicted molar refractivity (Wildman–Crippen MR) is 85.6 cm³/mol. The summed E-state index contributed by atoms with van der Waals surface area (Å²) in [6, 6.07) is 8.05. The first-order valence-electron chi connectivity index (χ1n) is 7.83. The van der Waals surface area contributed by atoms with Gasteiger partial charge in [-0.3, -0.25) is 4.79 Å². The summed E-state index contributed by atoms with van der Waals surface area (Å²) in [4.78, 5) is 11.0. The van der Waals surface area contributed by atoms with E-state index in [0.29, 0.717) is 19.4 Å². The van der Waals surface area contributed by atoms with Crippen molar-refractivity contribution in [1.29, 1.82) is 0 Å². The third kappa shape index (κ3) is 4.97. The Morgan fingerprint density at radius 3 is 2.86 bits per heavy atom. The molecule has 0 spiro atoms. The molecule has 0 aliphatic carbocycles. The molecule has 4 heteroatoms. The summed E-state index contributed by atoms with van der Waals surface area (Å²) in [5.41, 5.74) is 2.19. The quantitative estimate of drug-likeness (QED) is 0.707. The standard InChI is InChI=1S/C18H24O4/c1-3-14(18(19)20)8-6-9-15-7-4-5-10-17(15)13(2)21-11-16-12-22-16/h4-7,9-10,13-14,16H,3,8,11-12H2,1-2H3,(H,19,20)/t13-,14?,16?/m1/s1. The molecule has 0 amide bonds. The SMILES string of the molecule is CCC(CC=Cc1ccccc1[C@@H](C)OCC1CO1)C(=O)O. The van der Waals surface area contributed by atoms with Gasteiger partial charge >= 0.3 is 5.97 Å². The molecule has 2 unspecified atom stereocenters. The number of allylic oxidation sites excluding steroid dienone is 1. The minimum Gasteiger partial charge on any atom is -0.481 e. The van der Waals surface area contributed by atoms with Crippen molar-refractivity contribution in [2.75, 3.05) is 13.2 Å². The lowest BCUT2D eigenvalue weighted by Gasteiger charge is -2.15. The number of benzene rings is 1. The summed E-state index contributed by atoms with van der Waals surface area (Å²) in [5, 5.41) is 9.08.